The number of fused-ring (bicyclic) bond motifs is 1. The third kappa shape index (κ3) is 2.66. The summed E-state index contributed by atoms with van der Waals surface area (Å²) in [6.45, 7) is 0. The summed E-state index contributed by atoms with van der Waals surface area (Å²) in [7, 11) is 0. The van der Waals surface area contributed by atoms with Crippen LogP contribution < -0.4 is 5.73 Å². The highest BCUT2D eigenvalue weighted by Gasteiger charge is 2.13. The van der Waals surface area contributed by atoms with Crippen LogP contribution in [0.5, 0.6) is 0 Å². The van der Waals surface area contributed by atoms with E-state index in [1.165, 1.54) is 11.9 Å². The van der Waals surface area contributed by atoms with Gasteiger partial charge in [0.1, 0.15) is 12.1 Å². The van der Waals surface area contributed by atoms with Crippen LogP contribution in [-0.2, 0) is 6.42 Å². The number of nitrogen functional groups attached to an aromatic ring is 1. The molecule has 0 amide bonds. The second kappa shape index (κ2) is 5.78. The van der Waals surface area contributed by atoms with Gasteiger partial charge in [-0.15, -0.1) is 11.3 Å². The maximum atomic E-state index is 6.00. The van der Waals surface area contributed by atoms with Crippen LogP contribution in [0.4, 0.5) is 5.82 Å². The molecule has 4 aromatic rings. The summed E-state index contributed by atoms with van der Waals surface area (Å²) in [5, 5.41) is 2.86. The number of nitrogens with zero attached hydrogens (tertiary/aromatic N) is 3. The zero-order chi connectivity index (χ0) is 15.6. The van der Waals surface area contributed by atoms with Crippen LogP contribution in [0, 0.1) is 0 Å². The van der Waals surface area contributed by atoms with Gasteiger partial charge in [0.2, 0.25) is 0 Å². The van der Waals surface area contributed by atoms with Crippen molar-refractivity contribution < 1.29 is 0 Å². The predicted molar refractivity (Wildman–Crippen MR) is 94.3 cm³/mol. The molecule has 0 spiro atoms. The molecular weight excluding hydrogens is 304 g/mol. The Balaban J connectivity index is 1.92. The van der Waals surface area contributed by atoms with E-state index in [9.17, 15) is 0 Å². The monoisotopic (exact) mass is 318 g/mol. The van der Waals surface area contributed by atoms with Gasteiger partial charge in [-0.05, 0) is 35.1 Å². The highest BCUT2D eigenvalue weighted by molar-refractivity contribution is 7.13. The number of hydrogen-bond donors (Lipinski definition) is 1. The highest BCUT2D eigenvalue weighted by Crippen LogP contribution is 2.31. The Labute approximate surface area is 137 Å². The van der Waals surface area contributed by atoms with Crippen molar-refractivity contribution in [3.63, 3.8) is 0 Å². The van der Waals surface area contributed by atoms with Crippen molar-refractivity contribution >= 4 is 28.2 Å². The molecule has 0 aliphatic heterocycles. The first kappa shape index (κ1) is 13.8. The fourth-order valence-electron chi connectivity index (χ4n) is 2.62. The van der Waals surface area contributed by atoms with Crippen molar-refractivity contribution in [2.75, 3.05) is 5.73 Å². The number of benzene rings is 1. The number of aromatic nitrogens is 3. The Kier molecular flexibility index (Phi) is 3.48. The third-order valence-corrected chi connectivity index (χ3v) is 4.60. The molecule has 0 unspecified atom stereocenters. The van der Waals surface area contributed by atoms with Crippen LogP contribution in [0.25, 0.3) is 21.6 Å². The number of rotatable bonds is 3. The van der Waals surface area contributed by atoms with E-state index in [0.717, 1.165) is 27.9 Å². The fraction of sp³-hybridized carbons (Fsp3) is 0.0556. The molecule has 2 N–H and O–H groups in total. The lowest BCUT2D eigenvalue weighted by Gasteiger charge is -2.10. The minimum Gasteiger partial charge on any atom is -0.383 e. The van der Waals surface area contributed by atoms with Crippen molar-refractivity contribution in [2.45, 2.75) is 6.42 Å². The normalized spacial score (nSPS) is 11.0. The molecule has 0 saturated heterocycles. The SMILES string of the molecule is Nc1ncnc2nc(-c3cccs3)c(Cc3ccccc3)cc12. The van der Waals surface area contributed by atoms with Crippen LogP contribution in [-0.4, -0.2) is 15.0 Å². The summed E-state index contributed by atoms with van der Waals surface area (Å²) in [5.41, 5.74) is 9.97. The molecule has 3 heterocycles. The van der Waals surface area contributed by atoms with E-state index in [1.807, 2.05) is 24.3 Å². The number of nitrogens with two attached hydrogens (primary N) is 1. The Hall–Kier alpha value is -2.79. The minimum absolute atomic E-state index is 0.467. The van der Waals surface area contributed by atoms with Gasteiger partial charge in [0, 0.05) is 0 Å². The number of anilines is 1. The van der Waals surface area contributed by atoms with E-state index in [-0.39, 0.29) is 0 Å². The van der Waals surface area contributed by atoms with Crippen molar-refractivity contribution in [3.05, 3.63) is 71.4 Å². The maximum Gasteiger partial charge on any atom is 0.165 e. The molecule has 5 heteroatoms. The molecule has 0 aliphatic rings. The zero-order valence-corrected chi connectivity index (χ0v) is 13.1. The van der Waals surface area contributed by atoms with E-state index < -0.39 is 0 Å². The van der Waals surface area contributed by atoms with Gasteiger partial charge in [-0.25, -0.2) is 15.0 Å². The van der Waals surface area contributed by atoms with Crippen molar-refractivity contribution in [3.8, 4) is 10.6 Å². The van der Waals surface area contributed by atoms with Crippen LogP contribution in [0.2, 0.25) is 0 Å². The topological polar surface area (TPSA) is 64.7 Å². The molecule has 0 bridgehead atoms. The van der Waals surface area contributed by atoms with E-state index >= 15 is 0 Å². The Morgan fingerprint density at radius 1 is 1.00 bits per heavy atom. The molecule has 0 saturated carbocycles. The minimum atomic E-state index is 0.467. The van der Waals surface area contributed by atoms with Gasteiger partial charge in [0.25, 0.3) is 0 Å². The second-order valence-corrected chi connectivity index (χ2v) is 6.21. The average Bonchev–Trinajstić information content (AvgIpc) is 3.10. The largest absolute Gasteiger partial charge is 0.383 e. The van der Waals surface area contributed by atoms with Gasteiger partial charge < -0.3 is 5.73 Å². The molecule has 0 aliphatic carbocycles. The van der Waals surface area contributed by atoms with Crippen molar-refractivity contribution in [1.29, 1.82) is 0 Å². The maximum absolute atomic E-state index is 6.00. The summed E-state index contributed by atoms with van der Waals surface area (Å²) >= 11 is 1.68. The Morgan fingerprint density at radius 2 is 1.87 bits per heavy atom. The third-order valence-electron chi connectivity index (χ3n) is 3.73. The van der Waals surface area contributed by atoms with Crippen molar-refractivity contribution in [2.24, 2.45) is 0 Å². The quantitative estimate of drug-likeness (QED) is 0.621. The lowest BCUT2D eigenvalue weighted by molar-refractivity contribution is 1.14. The molecule has 4 rings (SSSR count). The Morgan fingerprint density at radius 3 is 2.65 bits per heavy atom. The fourth-order valence-corrected chi connectivity index (χ4v) is 3.37. The number of thiophene rings is 1. The predicted octanol–water partition coefficient (Wildman–Crippen LogP) is 3.93. The van der Waals surface area contributed by atoms with Gasteiger partial charge >= 0.3 is 0 Å². The van der Waals surface area contributed by atoms with E-state index in [2.05, 4.69) is 39.6 Å². The molecular formula is C18H14N4S. The van der Waals surface area contributed by atoms with Gasteiger partial charge in [-0.3, -0.25) is 0 Å². The van der Waals surface area contributed by atoms with E-state index in [0.29, 0.717) is 11.5 Å². The first-order valence-electron chi connectivity index (χ1n) is 7.29. The standard InChI is InChI=1S/C18H14N4S/c19-17-14-10-13(9-12-5-2-1-3-6-12)16(15-7-4-8-23-15)22-18(14)21-11-20-17/h1-8,10-11H,9H2,(H2,19,20,21,22). The van der Waals surface area contributed by atoms with Crippen LogP contribution >= 0.6 is 11.3 Å². The van der Waals surface area contributed by atoms with Gasteiger partial charge in [-0.1, -0.05) is 36.4 Å². The molecule has 3 aromatic heterocycles. The van der Waals surface area contributed by atoms with Crippen LogP contribution in [0.15, 0.2) is 60.2 Å². The summed E-state index contributed by atoms with van der Waals surface area (Å²) in [5.74, 6) is 0.467. The number of hydrogen-bond acceptors (Lipinski definition) is 5. The molecule has 4 nitrogen and oxygen atoms in total. The Bertz CT molecular complexity index is 950. The van der Waals surface area contributed by atoms with Gasteiger partial charge in [0.05, 0.1) is 16.0 Å². The van der Waals surface area contributed by atoms with E-state index in [1.54, 1.807) is 11.3 Å². The molecule has 1 aromatic carbocycles. The molecule has 0 fully saturated rings. The first-order chi connectivity index (χ1) is 11.3. The summed E-state index contributed by atoms with van der Waals surface area (Å²) in [4.78, 5) is 14.2. The lowest BCUT2D eigenvalue weighted by Crippen LogP contribution is -2.00. The first-order valence-corrected chi connectivity index (χ1v) is 8.17. The lowest BCUT2D eigenvalue weighted by atomic mass is 10.0. The second-order valence-electron chi connectivity index (χ2n) is 5.27. The van der Waals surface area contributed by atoms with Gasteiger partial charge in [0.15, 0.2) is 5.65 Å². The van der Waals surface area contributed by atoms with Gasteiger partial charge in [-0.2, -0.15) is 0 Å². The van der Waals surface area contributed by atoms with Crippen LogP contribution in [0.3, 0.4) is 0 Å². The molecule has 112 valence electrons. The summed E-state index contributed by atoms with van der Waals surface area (Å²) in [6, 6.07) is 16.5. The average molecular weight is 318 g/mol. The molecule has 0 radical (unpaired) electrons. The van der Waals surface area contributed by atoms with E-state index in [4.69, 9.17) is 10.7 Å². The van der Waals surface area contributed by atoms with Crippen molar-refractivity contribution in [1.82, 2.24) is 15.0 Å². The summed E-state index contributed by atoms with van der Waals surface area (Å²) < 4.78 is 0. The van der Waals surface area contributed by atoms with Crippen LogP contribution in [0.1, 0.15) is 11.1 Å². The molecule has 0 atom stereocenters. The summed E-state index contributed by atoms with van der Waals surface area (Å²) in [6.07, 6.45) is 2.26. The highest BCUT2D eigenvalue weighted by atomic mass is 32.1. The number of pyridine rings is 1. The zero-order valence-electron chi connectivity index (χ0n) is 12.3. The molecule has 23 heavy (non-hydrogen) atoms. The smallest absolute Gasteiger partial charge is 0.165 e.